The molecule has 0 amide bonds. The predicted octanol–water partition coefficient (Wildman–Crippen LogP) is 2.36. The van der Waals surface area contributed by atoms with E-state index in [1.54, 1.807) is 6.92 Å². The summed E-state index contributed by atoms with van der Waals surface area (Å²) in [6, 6.07) is 2.00. The summed E-state index contributed by atoms with van der Waals surface area (Å²) in [7, 11) is -2.49. The van der Waals surface area contributed by atoms with Crippen LogP contribution >= 0.6 is 0 Å². The first-order chi connectivity index (χ1) is 10.1. The van der Waals surface area contributed by atoms with Crippen LogP contribution < -0.4 is 4.72 Å². The average molecular weight is 337 g/mol. The van der Waals surface area contributed by atoms with E-state index in [0.29, 0.717) is 0 Å². The van der Waals surface area contributed by atoms with Crippen LogP contribution in [0.2, 0.25) is 0 Å². The second kappa shape index (κ2) is 5.76. The van der Waals surface area contributed by atoms with Crippen LogP contribution in [0.4, 0.5) is 18.9 Å². The Kier molecular flexibility index (Phi) is 4.34. The number of nitrogens with one attached hydrogen (secondary N) is 2. The molecular weight excluding hydrogens is 323 g/mol. The molecule has 2 N–H and O–H groups in total. The van der Waals surface area contributed by atoms with Crippen molar-refractivity contribution in [2.75, 3.05) is 17.6 Å². The molecule has 0 fully saturated rings. The molecule has 6 nitrogen and oxygen atoms in total. The summed E-state index contributed by atoms with van der Waals surface area (Å²) in [5, 5.41) is 5.83. The number of hydrogen-bond donors (Lipinski definition) is 2. The highest BCUT2D eigenvalue weighted by Crippen LogP contribution is 2.36. The Morgan fingerprint density at radius 1 is 1.41 bits per heavy atom. The van der Waals surface area contributed by atoms with E-state index in [2.05, 4.69) is 14.9 Å². The zero-order chi connectivity index (χ0) is 16.5. The summed E-state index contributed by atoms with van der Waals surface area (Å²) in [5.41, 5.74) is -1.06. The molecule has 0 aliphatic heterocycles. The lowest BCUT2D eigenvalue weighted by molar-refractivity contribution is -0.136. The van der Waals surface area contributed by atoms with Gasteiger partial charge in [0.15, 0.2) is 0 Å². The minimum absolute atomic E-state index is 0.0901. The maximum atomic E-state index is 13.0. The first-order valence-corrected chi connectivity index (χ1v) is 7.85. The number of alkyl halides is 3. The lowest BCUT2D eigenvalue weighted by Gasteiger charge is -2.14. The van der Waals surface area contributed by atoms with Crippen LogP contribution in [0.3, 0.4) is 0 Å². The van der Waals surface area contributed by atoms with Gasteiger partial charge in [0.05, 0.1) is 34.8 Å². The summed E-state index contributed by atoms with van der Waals surface area (Å²) < 4.78 is 69.9. The van der Waals surface area contributed by atoms with Gasteiger partial charge in [-0.1, -0.05) is 0 Å². The van der Waals surface area contributed by atoms with Crippen molar-refractivity contribution in [1.82, 2.24) is 10.2 Å². The molecule has 0 aliphatic carbocycles. The second-order valence-electron chi connectivity index (χ2n) is 4.78. The molecular formula is C12H14F3N3O3S. The number of aromatic nitrogens is 2. The predicted molar refractivity (Wildman–Crippen MR) is 75.0 cm³/mol. The minimum atomic E-state index is -4.62. The number of halogens is 3. The van der Waals surface area contributed by atoms with Crippen molar-refractivity contribution in [1.29, 1.82) is 0 Å². The molecule has 0 saturated heterocycles. The van der Waals surface area contributed by atoms with E-state index in [-0.39, 0.29) is 22.3 Å². The van der Waals surface area contributed by atoms with E-state index in [9.17, 15) is 21.6 Å². The monoisotopic (exact) mass is 337 g/mol. The van der Waals surface area contributed by atoms with Crippen molar-refractivity contribution >= 4 is 26.6 Å². The third kappa shape index (κ3) is 3.69. The van der Waals surface area contributed by atoms with Gasteiger partial charge in [0.2, 0.25) is 10.0 Å². The van der Waals surface area contributed by atoms with Crippen LogP contribution in [0, 0.1) is 0 Å². The fourth-order valence-electron chi connectivity index (χ4n) is 1.94. The van der Waals surface area contributed by atoms with Crippen LogP contribution in [0.5, 0.6) is 0 Å². The number of fused-ring (bicyclic) bond motifs is 1. The van der Waals surface area contributed by atoms with Crippen molar-refractivity contribution < 1.29 is 26.3 Å². The van der Waals surface area contributed by atoms with Crippen LogP contribution in [0.1, 0.15) is 12.5 Å². The zero-order valence-corrected chi connectivity index (χ0v) is 12.5. The van der Waals surface area contributed by atoms with Crippen LogP contribution in [-0.2, 0) is 20.9 Å². The van der Waals surface area contributed by atoms with Crippen molar-refractivity contribution in [2.45, 2.75) is 19.2 Å². The van der Waals surface area contributed by atoms with Crippen LogP contribution in [0.25, 0.3) is 10.9 Å². The highest BCUT2D eigenvalue weighted by molar-refractivity contribution is 7.92. The number of ether oxygens (including phenoxy) is 1. The number of nitrogens with zero attached hydrogens (tertiary/aromatic N) is 1. The Bertz CT molecular complexity index is 771. The van der Waals surface area contributed by atoms with E-state index < -0.39 is 27.9 Å². The Hall–Kier alpha value is -1.81. The maximum Gasteiger partial charge on any atom is 0.417 e. The highest BCUT2D eigenvalue weighted by Gasteiger charge is 2.34. The Morgan fingerprint density at radius 3 is 2.68 bits per heavy atom. The summed E-state index contributed by atoms with van der Waals surface area (Å²) in [6.07, 6.45) is -4.16. The highest BCUT2D eigenvalue weighted by atomic mass is 32.2. The van der Waals surface area contributed by atoms with Gasteiger partial charge < -0.3 is 4.74 Å². The number of benzene rings is 1. The van der Waals surface area contributed by atoms with Gasteiger partial charge in [-0.25, -0.2) is 8.42 Å². The topological polar surface area (TPSA) is 84.1 Å². The van der Waals surface area contributed by atoms with E-state index >= 15 is 0 Å². The first-order valence-electron chi connectivity index (χ1n) is 6.20. The fraction of sp³-hybridized carbons (Fsp3) is 0.417. The molecule has 0 saturated carbocycles. The molecule has 1 atom stereocenters. The molecule has 0 spiro atoms. The van der Waals surface area contributed by atoms with Crippen molar-refractivity contribution in [2.24, 2.45) is 0 Å². The number of rotatable bonds is 5. The maximum absolute atomic E-state index is 13.0. The number of anilines is 1. The lowest BCUT2D eigenvalue weighted by atomic mass is 10.1. The normalized spacial score (nSPS) is 14.2. The third-order valence-electron chi connectivity index (χ3n) is 2.99. The Morgan fingerprint density at radius 2 is 2.09 bits per heavy atom. The fourth-order valence-corrected chi connectivity index (χ4v) is 3.26. The molecule has 10 heteroatoms. The zero-order valence-electron chi connectivity index (χ0n) is 11.7. The van der Waals surface area contributed by atoms with Gasteiger partial charge in [0.1, 0.15) is 0 Å². The molecule has 1 heterocycles. The van der Waals surface area contributed by atoms with Gasteiger partial charge in [-0.15, -0.1) is 0 Å². The summed E-state index contributed by atoms with van der Waals surface area (Å²) in [4.78, 5) is 0. The van der Waals surface area contributed by atoms with E-state index in [1.807, 2.05) is 0 Å². The molecule has 1 aromatic heterocycles. The standard InChI is InChI=1S/C12H14F3N3O3S/c1-7(21-2)6-22(19,20)18-8-3-10(12(13,14)15)9-5-16-17-11(9)4-8/h3-5,7,18H,6H2,1-2H3,(H,16,17). The third-order valence-corrected chi connectivity index (χ3v) is 4.45. The van der Waals surface area contributed by atoms with Gasteiger partial charge in [0.25, 0.3) is 0 Å². The molecule has 0 radical (unpaired) electrons. The summed E-state index contributed by atoms with van der Waals surface area (Å²) in [5.74, 6) is -0.369. The lowest BCUT2D eigenvalue weighted by Crippen LogP contribution is -2.25. The summed E-state index contributed by atoms with van der Waals surface area (Å²) >= 11 is 0. The van der Waals surface area contributed by atoms with E-state index in [1.165, 1.54) is 13.2 Å². The van der Waals surface area contributed by atoms with Crippen LogP contribution in [0.15, 0.2) is 18.3 Å². The second-order valence-corrected chi connectivity index (χ2v) is 6.55. The van der Waals surface area contributed by atoms with Gasteiger partial charge >= 0.3 is 6.18 Å². The van der Waals surface area contributed by atoms with E-state index in [4.69, 9.17) is 4.74 Å². The minimum Gasteiger partial charge on any atom is -0.381 e. The molecule has 1 aromatic carbocycles. The molecule has 122 valence electrons. The molecule has 0 aliphatic rings. The Labute approximate surface area is 124 Å². The molecule has 0 bridgehead atoms. The molecule has 22 heavy (non-hydrogen) atoms. The largest absolute Gasteiger partial charge is 0.417 e. The quantitative estimate of drug-likeness (QED) is 0.877. The van der Waals surface area contributed by atoms with Gasteiger partial charge in [-0.05, 0) is 19.1 Å². The van der Waals surface area contributed by atoms with Crippen LogP contribution in [-0.4, -0.2) is 37.6 Å². The van der Waals surface area contributed by atoms with Gasteiger partial charge in [-0.2, -0.15) is 18.3 Å². The van der Waals surface area contributed by atoms with Gasteiger partial charge in [-0.3, -0.25) is 9.82 Å². The van der Waals surface area contributed by atoms with E-state index in [0.717, 1.165) is 12.3 Å². The average Bonchev–Trinajstić information content (AvgIpc) is 2.83. The number of methoxy groups -OCH3 is 1. The molecule has 1 unspecified atom stereocenters. The number of sulfonamides is 1. The number of aromatic amines is 1. The van der Waals surface area contributed by atoms with Crippen molar-refractivity contribution in [3.63, 3.8) is 0 Å². The smallest absolute Gasteiger partial charge is 0.381 e. The SMILES string of the molecule is COC(C)CS(=O)(=O)Nc1cc(C(F)(F)F)c2cn[nH]c2c1. The van der Waals surface area contributed by atoms with Crippen molar-refractivity contribution in [3.8, 4) is 0 Å². The first kappa shape index (κ1) is 16.6. The van der Waals surface area contributed by atoms with Crippen molar-refractivity contribution in [3.05, 3.63) is 23.9 Å². The summed E-state index contributed by atoms with van der Waals surface area (Å²) in [6.45, 7) is 1.54. The number of hydrogen-bond acceptors (Lipinski definition) is 4. The Balaban J connectivity index is 2.40. The number of H-pyrrole nitrogens is 1. The molecule has 2 rings (SSSR count). The van der Waals surface area contributed by atoms with Gasteiger partial charge in [0, 0.05) is 12.5 Å². The molecule has 2 aromatic rings.